The van der Waals surface area contributed by atoms with Gasteiger partial charge in [-0.25, -0.2) is 19.2 Å². The Labute approximate surface area is 211 Å². The standard InChI is InChI=1S/C24H37N3O9/c1-23(2,3)35-21(31)26-16(19(29)33-7)10-9-14-12-25-13-18(28)15(14)11-17(20(30)34-8)27-22(32)36-24(4,5)6/h12-13,16-17,28H,9-11H2,1-8H3,(H,26,31)(H,27,32)/t16-,17-/m0/s1. The van der Waals surface area contributed by atoms with E-state index >= 15 is 0 Å². The van der Waals surface area contributed by atoms with Gasteiger partial charge in [0, 0.05) is 18.2 Å². The van der Waals surface area contributed by atoms with E-state index in [2.05, 4.69) is 15.6 Å². The van der Waals surface area contributed by atoms with Crippen LogP contribution in [-0.2, 0) is 41.4 Å². The molecule has 3 N–H and O–H groups in total. The molecule has 0 aromatic carbocycles. The molecule has 0 aliphatic rings. The lowest BCUT2D eigenvalue weighted by Crippen LogP contribution is -2.45. The number of ether oxygens (including phenoxy) is 4. The van der Waals surface area contributed by atoms with Crippen molar-refractivity contribution in [2.75, 3.05) is 14.2 Å². The highest BCUT2D eigenvalue weighted by atomic mass is 16.6. The van der Waals surface area contributed by atoms with Crippen molar-refractivity contribution in [1.29, 1.82) is 0 Å². The van der Waals surface area contributed by atoms with E-state index < -0.39 is 47.4 Å². The number of alkyl carbamates (subject to hydrolysis) is 2. The average Bonchev–Trinajstić information content (AvgIpc) is 2.74. The first-order valence-corrected chi connectivity index (χ1v) is 11.4. The van der Waals surface area contributed by atoms with Gasteiger partial charge in [0.1, 0.15) is 29.0 Å². The van der Waals surface area contributed by atoms with Gasteiger partial charge in [-0.15, -0.1) is 0 Å². The molecule has 0 aliphatic carbocycles. The number of pyridine rings is 1. The molecular weight excluding hydrogens is 474 g/mol. The maximum Gasteiger partial charge on any atom is 0.408 e. The number of aryl methyl sites for hydroxylation is 1. The van der Waals surface area contributed by atoms with Gasteiger partial charge in [-0.2, -0.15) is 0 Å². The van der Waals surface area contributed by atoms with Crippen molar-refractivity contribution in [3.05, 3.63) is 23.5 Å². The number of carbonyl (C=O) groups excluding carboxylic acids is 4. The van der Waals surface area contributed by atoms with Crippen LogP contribution in [0.15, 0.2) is 12.4 Å². The molecule has 36 heavy (non-hydrogen) atoms. The molecule has 1 rings (SSSR count). The second-order valence-electron chi connectivity index (χ2n) is 9.98. The van der Waals surface area contributed by atoms with Crippen LogP contribution in [0.25, 0.3) is 0 Å². The summed E-state index contributed by atoms with van der Waals surface area (Å²) in [5.74, 6) is -1.65. The summed E-state index contributed by atoms with van der Waals surface area (Å²) in [4.78, 5) is 53.0. The Morgan fingerprint density at radius 2 is 1.33 bits per heavy atom. The van der Waals surface area contributed by atoms with Crippen molar-refractivity contribution in [2.45, 2.75) is 84.1 Å². The Bertz CT molecular complexity index is 936. The molecule has 202 valence electrons. The number of methoxy groups -OCH3 is 2. The van der Waals surface area contributed by atoms with Crippen LogP contribution in [0.2, 0.25) is 0 Å². The maximum atomic E-state index is 12.4. The highest BCUT2D eigenvalue weighted by Crippen LogP contribution is 2.24. The number of amides is 2. The highest BCUT2D eigenvalue weighted by Gasteiger charge is 2.29. The van der Waals surface area contributed by atoms with Crippen LogP contribution in [0.5, 0.6) is 5.75 Å². The van der Waals surface area contributed by atoms with Crippen LogP contribution < -0.4 is 10.6 Å². The minimum absolute atomic E-state index is 0.0758. The summed E-state index contributed by atoms with van der Waals surface area (Å²) in [6, 6.07) is -2.22. The Morgan fingerprint density at radius 3 is 1.81 bits per heavy atom. The predicted molar refractivity (Wildman–Crippen MR) is 128 cm³/mol. The monoisotopic (exact) mass is 511 g/mol. The largest absolute Gasteiger partial charge is 0.506 e. The number of esters is 2. The van der Waals surface area contributed by atoms with Crippen molar-refractivity contribution in [2.24, 2.45) is 0 Å². The molecule has 0 spiro atoms. The molecule has 0 unspecified atom stereocenters. The molecule has 0 radical (unpaired) electrons. The number of hydrogen-bond acceptors (Lipinski definition) is 10. The van der Waals surface area contributed by atoms with Crippen molar-refractivity contribution >= 4 is 24.1 Å². The van der Waals surface area contributed by atoms with Gasteiger partial charge in [-0.05, 0) is 59.9 Å². The molecule has 0 saturated carbocycles. The van der Waals surface area contributed by atoms with E-state index in [0.29, 0.717) is 11.1 Å². The second kappa shape index (κ2) is 12.9. The van der Waals surface area contributed by atoms with Crippen molar-refractivity contribution in [3.63, 3.8) is 0 Å². The van der Waals surface area contributed by atoms with Crippen LogP contribution >= 0.6 is 0 Å². The average molecular weight is 512 g/mol. The van der Waals surface area contributed by atoms with E-state index in [4.69, 9.17) is 18.9 Å². The summed E-state index contributed by atoms with van der Waals surface area (Å²) in [5, 5.41) is 15.4. The predicted octanol–water partition coefficient (Wildman–Crippen LogP) is 2.39. The third kappa shape index (κ3) is 10.8. The van der Waals surface area contributed by atoms with Crippen molar-refractivity contribution < 1.29 is 43.2 Å². The maximum absolute atomic E-state index is 12.4. The molecular formula is C24H37N3O9. The first kappa shape index (κ1) is 30.5. The summed E-state index contributed by atoms with van der Waals surface area (Å²) >= 11 is 0. The van der Waals surface area contributed by atoms with Gasteiger partial charge in [-0.1, -0.05) is 0 Å². The molecule has 0 saturated heterocycles. The van der Waals surface area contributed by atoms with E-state index in [9.17, 15) is 24.3 Å². The summed E-state index contributed by atoms with van der Waals surface area (Å²) in [6.45, 7) is 10.1. The van der Waals surface area contributed by atoms with E-state index in [1.807, 2.05) is 0 Å². The third-order valence-corrected chi connectivity index (χ3v) is 4.59. The van der Waals surface area contributed by atoms with Crippen molar-refractivity contribution in [1.82, 2.24) is 15.6 Å². The van der Waals surface area contributed by atoms with Crippen LogP contribution in [0, 0.1) is 0 Å². The lowest BCUT2D eigenvalue weighted by atomic mass is 9.96. The number of aromatic hydroxyl groups is 1. The van der Waals surface area contributed by atoms with Crippen LogP contribution in [0.4, 0.5) is 9.59 Å². The van der Waals surface area contributed by atoms with E-state index in [0.717, 1.165) is 0 Å². The Morgan fingerprint density at radius 1 is 0.861 bits per heavy atom. The topological polar surface area (TPSA) is 162 Å². The number of rotatable bonds is 9. The molecule has 1 heterocycles. The van der Waals surface area contributed by atoms with Gasteiger partial charge in [0.05, 0.1) is 20.4 Å². The zero-order chi connectivity index (χ0) is 27.7. The van der Waals surface area contributed by atoms with Gasteiger partial charge >= 0.3 is 24.1 Å². The van der Waals surface area contributed by atoms with Crippen LogP contribution in [0.1, 0.15) is 59.1 Å². The first-order valence-electron chi connectivity index (χ1n) is 11.4. The Hall–Kier alpha value is -3.57. The smallest absolute Gasteiger partial charge is 0.408 e. The summed E-state index contributed by atoms with van der Waals surface area (Å²) in [7, 11) is 2.36. The quantitative estimate of drug-likeness (QED) is 0.331. The third-order valence-electron chi connectivity index (χ3n) is 4.59. The van der Waals surface area contributed by atoms with Crippen LogP contribution in [-0.4, -0.2) is 71.7 Å². The fourth-order valence-corrected chi connectivity index (χ4v) is 3.10. The normalized spacial score (nSPS) is 13.1. The minimum atomic E-state index is -1.17. The molecule has 12 nitrogen and oxygen atoms in total. The lowest BCUT2D eigenvalue weighted by Gasteiger charge is -2.24. The molecule has 0 bridgehead atoms. The zero-order valence-corrected chi connectivity index (χ0v) is 22.1. The molecule has 0 fully saturated rings. The molecule has 2 amide bonds. The fourth-order valence-electron chi connectivity index (χ4n) is 3.10. The highest BCUT2D eigenvalue weighted by molar-refractivity contribution is 5.82. The molecule has 2 atom stereocenters. The van der Waals surface area contributed by atoms with E-state index in [1.165, 1.54) is 26.6 Å². The molecule has 0 aliphatic heterocycles. The summed E-state index contributed by atoms with van der Waals surface area (Å²) < 4.78 is 20.0. The number of nitrogens with one attached hydrogen (secondary N) is 2. The molecule has 1 aromatic heterocycles. The van der Waals surface area contributed by atoms with Crippen molar-refractivity contribution in [3.8, 4) is 5.75 Å². The van der Waals surface area contributed by atoms with Gasteiger partial charge in [0.15, 0.2) is 0 Å². The molecule has 12 heteroatoms. The van der Waals surface area contributed by atoms with Crippen LogP contribution in [0.3, 0.4) is 0 Å². The fraction of sp³-hybridized carbons (Fsp3) is 0.625. The number of nitrogens with zero attached hydrogens (tertiary/aromatic N) is 1. The Kier molecular flexibility index (Phi) is 10.9. The number of carbonyl (C=O) groups is 4. The number of hydrogen-bond donors (Lipinski definition) is 3. The van der Waals surface area contributed by atoms with Gasteiger partial charge in [-0.3, -0.25) is 4.98 Å². The minimum Gasteiger partial charge on any atom is -0.506 e. The molecule has 1 aromatic rings. The SMILES string of the molecule is COC(=O)[C@H](CCc1cncc(O)c1C[C@H](NC(=O)OC(C)(C)C)C(=O)OC)NC(=O)OC(C)(C)C. The van der Waals surface area contributed by atoms with E-state index in [-0.39, 0.29) is 25.0 Å². The summed E-state index contributed by atoms with van der Waals surface area (Å²) in [5.41, 5.74) is -0.775. The van der Waals surface area contributed by atoms with Gasteiger partial charge in [0.2, 0.25) is 0 Å². The summed E-state index contributed by atoms with van der Waals surface area (Å²) in [6.07, 6.45) is 1.12. The second-order valence-corrected chi connectivity index (χ2v) is 9.98. The van der Waals surface area contributed by atoms with E-state index in [1.54, 1.807) is 41.5 Å². The Balaban J connectivity index is 3.10. The first-order chi connectivity index (χ1) is 16.6. The van der Waals surface area contributed by atoms with Gasteiger partial charge < -0.3 is 34.7 Å². The zero-order valence-electron chi connectivity index (χ0n) is 22.1. The van der Waals surface area contributed by atoms with Gasteiger partial charge in [0.25, 0.3) is 0 Å². The number of aromatic nitrogens is 1. The lowest BCUT2D eigenvalue weighted by molar-refractivity contribution is -0.143.